The van der Waals surface area contributed by atoms with E-state index in [0.29, 0.717) is 24.7 Å². The van der Waals surface area contributed by atoms with Crippen LogP contribution in [0.4, 0.5) is 0 Å². The van der Waals surface area contributed by atoms with Gasteiger partial charge in [0, 0.05) is 19.2 Å². The molecule has 0 aliphatic rings. The van der Waals surface area contributed by atoms with Crippen molar-refractivity contribution in [2.45, 2.75) is 32.2 Å². The van der Waals surface area contributed by atoms with Gasteiger partial charge >= 0.3 is 5.69 Å². The molecule has 0 fully saturated rings. The molecule has 0 radical (unpaired) electrons. The van der Waals surface area contributed by atoms with Crippen molar-refractivity contribution in [1.29, 1.82) is 0 Å². The summed E-state index contributed by atoms with van der Waals surface area (Å²) in [7, 11) is 0. The van der Waals surface area contributed by atoms with Gasteiger partial charge in [-0.25, -0.2) is 9.89 Å². The fourth-order valence-electron chi connectivity index (χ4n) is 2.40. The summed E-state index contributed by atoms with van der Waals surface area (Å²) < 4.78 is 1.78. The number of nitrogens with one attached hydrogen (secondary N) is 2. The first-order chi connectivity index (χ1) is 10.7. The molecule has 7 heteroatoms. The fourth-order valence-corrected chi connectivity index (χ4v) is 2.40. The molecule has 22 heavy (non-hydrogen) atoms. The summed E-state index contributed by atoms with van der Waals surface area (Å²) in [4.78, 5) is 13.6. The molecule has 3 aromatic rings. The normalized spacial score (nSPS) is 12.4. The van der Waals surface area contributed by atoms with Gasteiger partial charge in [-0.2, -0.15) is 5.10 Å². The Bertz CT molecular complexity index is 772. The van der Waals surface area contributed by atoms with Crippen molar-refractivity contribution in [3.63, 3.8) is 0 Å². The molecule has 1 aromatic carbocycles. The first kappa shape index (κ1) is 14.2. The van der Waals surface area contributed by atoms with Gasteiger partial charge in [-0.05, 0) is 17.9 Å². The zero-order valence-corrected chi connectivity index (χ0v) is 12.4. The minimum atomic E-state index is -0.286. The minimum absolute atomic E-state index is 0.286. The van der Waals surface area contributed by atoms with Crippen LogP contribution in [-0.2, 0) is 19.4 Å². The molecule has 1 atom stereocenters. The van der Waals surface area contributed by atoms with Gasteiger partial charge < -0.3 is 0 Å². The standard InChI is InChI=1S/C15H18N6O/c1-11(12-5-3-2-4-6-12)9-13-10-21(20-17-13)8-7-14-16-15(22)19-18-14/h2-6,10-11H,7-9H2,1H3,(H2,16,18,19,22)/t11-/m0/s1. The molecule has 7 nitrogen and oxygen atoms in total. The Morgan fingerprint density at radius 2 is 2.09 bits per heavy atom. The number of aromatic amines is 2. The average Bonchev–Trinajstić information content (AvgIpc) is 3.15. The molecule has 0 spiro atoms. The van der Waals surface area contributed by atoms with E-state index in [1.807, 2.05) is 24.4 Å². The van der Waals surface area contributed by atoms with Gasteiger partial charge in [0.05, 0.1) is 5.69 Å². The number of rotatable bonds is 6. The van der Waals surface area contributed by atoms with Gasteiger partial charge in [0.25, 0.3) is 0 Å². The van der Waals surface area contributed by atoms with E-state index < -0.39 is 0 Å². The molecule has 0 aliphatic carbocycles. The summed E-state index contributed by atoms with van der Waals surface area (Å²) in [5.74, 6) is 1.02. The van der Waals surface area contributed by atoms with Gasteiger partial charge in [-0.1, -0.05) is 42.5 Å². The van der Waals surface area contributed by atoms with Crippen molar-refractivity contribution in [2.24, 2.45) is 0 Å². The molecule has 0 aliphatic heterocycles. The van der Waals surface area contributed by atoms with E-state index >= 15 is 0 Å². The van der Waals surface area contributed by atoms with Crippen LogP contribution in [-0.4, -0.2) is 30.2 Å². The molecule has 0 saturated carbocycles. The monoisotopic (exact) mass is 298 g/mol. The van der Waals surface area contributed by atoms with Crippen LogP contribution in [0, 0.1) is 0 Å². The maximum absolute atomic E-state index is 11.0. The number of H-pyrrole nitrogens is 2. The first-order valence-electron chi connectivity index (χ1n) is 7.28. The number of aryl methyl sites for hydroxylation is 2. The predicted octanol–water partition coefficient (Wildman–Crippen LogP) is 1.28. The Morgan fingerprint density at radius 1 is 1.27 bits per heavy atom. The second-order valence-electron chi connectivity index (χ2n) is 5.36. The molecule has 2 heterocycles. The minimum Gasteiger partial charge on any atom is -0.293 e. The van der Waals surface area contributed by atoms with Crippen molar-refractivity contribution in [3.8, 4) is 0 Å². The second kappa shape index (κ2) is 6.38. The molecule has 0 amide bonds. The fraction of sp³-hybridized carbons (Fsp3) is 0.333. The first-order valence-corrected chi connectivity index (χ1v) is 7.28. The van der Waals surface area contributed by atoms with Gasteiger partial charge in [-0.15, -0.1) is 5.10 Å². The third-order valence-corrected chi connectivity index (χ3v) is 3.60. The number of hydrogen-bond donors (Lipinski definition) is 2. The number of hydrogen-bond acceptors (Lipinski definition) is 4. The van der Waals surface area contributed by atoms with Gasteiger partial charge in [0.1, 0.15) is 5.82 Å². The topological polar surface area (TPSA) is 92.2 Å². The number of aromatic nitrogens is 6. The highest BCUT2D eigenvalue weighted by Gasteiger charge is 2.09. The molecule has 2 N–H and O–H groups in total. The summed E-state index contributed by atoms with van der Waals surface area (Å²) in [6, 6.07) is 10.4. The number of nitrogens with zero attached hydrogens (tertiary/aromatic N) is 4. The largest absolute Gasteiger partial charge is 0.340 e. The quantitative estimate of drug-likeness (QED) is 0.717. The van der Waals surface area contributed by atoms with Crippen LogP contribution in [0.5, 0.6) is 0 Å². The molecule has 0 unspecified atom stereocenters. The lowest BCUT2D eigenvalue weighted by atomic mass is 9.97. The van der Waals surface area contributed by atoms with E-state index in [-0.39, 0.29) is 5.69 Å². The molecular weight excluding hydrogens is 280 g/mol. The lowest BCUT2D eigenvalue weighted by molar-refractivity contribution is 0.578. The van der Waals surface area contributed by atoms with Crippen LogP contribution in [0.2, 0.25) is 0 Å². The van der Waals surface area contributed by atoms with Gasteiger partial charge in [-0.3, -0.25) is 9.67 Å². The highest BCUT2D eigenvalue weighted by Crippen LogP contribution is 2.18. The van der Waals surface area contributed by atoms with E-state index in [1.54, 1.807) is 4.68 Å². The molecule has 114 valence electrons. The molecule has 2 aromatic heterocycles. The molecular formula is C15H18N6O. The summed E-state index contributed by atoms with van der Waals surface area (Å²) in [6.45, 7) is 2.82. The summed E-state index contributed by atoms with van der Waals surface area (Å²) in [6.07, 6.45) is 3.41. The lowest BCUT2D eigenvalue weighted by Gasteiger charge is -2.09. The smallest absolute Gasteiger partial charge is 0.293 e. The van der Waals surface area contributed by atoms with Crippen molar-refractivity contribution in [1.82, 2.24) is 30.2 Å². The molecule has 3 rings (SSSR count). The van der Waals surface area contributed by atoms with Gasteiger partial charge in [0.15, 0.2) is 0 Å². The van der Waals surface area contributed by atoms with Crippen LogP contribution in [0.25, 0.3) is 0 Å². The van der Waals surface area contributed by atoms with Crippen LogP contribution >= 0.6 is 0 Å². The third kappa shape index (κ3) is 3.49. The Labute approximate surface area is 127 Å². The van der Waals surface area contributed by atoms with E-state index in [4.69, 9.17) is 0 Å². The highest BCUT2D eigenvalue weighted by molar-refractivity contribution is 5.20. The zero-order chi connectivity index (χ0) is 15.4. The van der Waals surface area contributed by atoms with E-state index in [9.17, 15) is 4.79 Å². The average molecular weight is 298 g/mol. The zero-order valence-electron chi connectivity index (χ0n) is 12.4. The van der Waals surface area contributed by atoms with Crippen molar-refractivity contribution < 1.29 is 0 Å². The summed E-state index contributed by atoms with van der Waals surface area (Å²) in [5.41, 5.74) is 1.98. The van der Waals surface area contributed by atoms with Gasteiger partial charge in [0.2, 0.25) is 0 Å². The Balaban J connectivity index is 1.58. The van der Waals surface area contributed by atoms with E-state index in [2.05, 4.69) is 44.5 Å². The summed E-state index contributed by atoms with van der Waals surface area (Å²) in [5, 5.41) is 14.6. The van der Waals surface area contributed by atoms with Crippen LogP contribution in [0.1, 0.15) is 29.9 Å². The molecule has 0 bridgehead atoms. The maximum atomic E-state index is 11.0. The van der Waals surface area contributed by atoms with Crippen molar-refractivity contribution in [3.05, 3.63) is 64.1 Å². The van der Waals surface area contributed by atoms with E-state index in [1.165, 1.54) is 5.56 Å². The Hall–Kier alpha value is -2.70. The van der Waals surface area contributed by atoms with E-state index in [0.717, 1.165) is 12.1 Å². The van der Waals surface area contributed by atoms with Crippen LogP contribution < -0.4 is 5.69 Å². The highest BCUT2D eigenvalue weighted by atomic mass is 16.1. The summed E-state index contributed by atoms with van der Waals surface area (Å²) >= 11 is 0. The Morgan fingerprint density at radius 3 is 2.82 bits per heavy atom. The van der Waals surface area contributed by atoms with Crippen LogP contribution in [0.3, 0.4) is 0 Å². The maximum Gasteiger partial charge on any atom is 0.340 e. The molecule has 0 saturated heterocycles. The number of benzene rings is 1. The lowest BCUT2D eigenvalue weighted by Crippen LogP contribution is -2.05. The van der Waals surface area contributed by atoms with Crippen molar-refractivity contribution in [2.75, 3.05) is 0 Å². The van der Waals surface area contributed by atoms with Crippen molar-refractivity contribution >= 4 is 0 Å². The third-order valence-electron chi connectivity index (χ3n) is 3.60. The van der Waals surface area contributed by atoms with Crippen LogP contribution in [0.15, 0.2) is 41.3 Å². The predicted molar refractivity (Wildman–Crippen MR) is 81.5 cm³/mol. The SMILES string of the molecule is C[C@@H](Cc1cn(CCc2n[nH]c(=O)[nH]2)nn1)c1ccccc1. The Kier molecular flexibility index (Phi) is 4.13. The second-order valence-corrected chi connectivity index (χ2v) is 5.36.